The minimum atomic E-state index is -3.58. The Morgan fingerprint density at radius 2 is 1.69 bits per heavy atom. The van der Waals surface area contributed by atoms with Crippen LogP contribution >= 0.6 is 0 Å². The molecule has 80 valence electrons. The summed E-state index contributed by atoms with van der Waals surface area (Å²) in [5, 5.41) is 0. The molecule has 0 aromatic heterocycles. The highest BCUT2D eigenvalue weighted by Gasteiger charge is 2.29. The third kappa shape index (κ3) is 8.09. The van der Waals surface area contributed by atoms with Crippen LogP contribution in [0.4, 0.5) is 13.2 Å². The van der Waals surface area contributed by atoms with Gasteiger partial charge in [0.05, 0.1) is 6.61 Å². The Bertz CT molecular complexity index is 117. The van der Waals surface area contributed by atoms with Crippen molar-refractivity contribution in [3.05, 3.63) is 0 Å². The fourth-order valence-electron chi connectivity index (χ4n) is 0.966. The number of unbranched alkanes of at least 4 members (excludes halogenated alkanes) is 4. The Morgan fingerprint density at radius 3 is 2.23 bits per heavy atom. The van der Waals surface area contributed by atoms with Gasteiger partial charge in [0.2, 0.25) is 0 Å². The predicted molar refractivity (Wildman–Crippen MR) is 45.6 cm³/mol. The number of alkyl halides is 3. The van der Waals surface area contributed by atoms with Crippen molar-refractivity contribution in [3.8, 4) is 0 Å². The zero-order valence-corrected chi connectivity index (χ0v) is 7.99. The van der Waals surface area contributed by atoms with E-state index in [-0.39, 0.29) is 6.61 Å². The van der Waals surface area contributed by atoms with Crippen LogP contribution in [-0.2, 0) is 4.74 Å². The fraction of sp³-hybridized carbons (Fsp3) is 1.00. The first-order valence-electron chi connectivity index (χ1n) is 4.70. The van der Waals surface area contributed by atoms with Gasteiger partial charge in [0.1, 0.15) is 0 Å². The monoisotopic (exact) mass is 198 g/mol. The van der Waals surface area contributed by atoms with Crippen LogP contribution in [0.1, 0.15) is 39.0 Å². The van der Waals surface area contributed by atoms with Crippen molar-refractivity contribution < 1.29 is 17.9 Å². The van der Waals surface area contributed by atoms with Crippen molar-refractivity contribution in [3.63, 3.8) is 0 Å². The summed E-state index contributed by atoms with van der Waals surface area (Å²) in [6, 6.07) is 0. The van der Waals surface area contributed by atoms with E-state index >= 15 is 0 Å². The van der Waals surface area contributed by atoms with Gasteiger partial charge in [-0.3, -0.25) is 0 Å². The van der Waals surface area contributed by atoms with Crippen molar-refractivity contribution in [2.24, 2.45) is 0 Å². The molecule has 0 aliphatic rings. The van der Waals surface area contributed by atoms with E-state index < -0.39 is 12.8 Å². The fourth-order valence-corrected chi connectivity index (χ4v) is 0.966. The van der Waals surface area contributed by atoms with Crippen molar-refractivity contribution in [2.75, 3.05) is 13.3 Å². The molecule has 13 heavy (non-hydrogen) atoms. The summed E-state index contributed by atoms with van der Waals surface area (Å²) in [7, 11) is 0. The third-order valence-corrected chi connectivity index (χ3v) is 1.72. The van der Waals surface area contributed by atoms with Gasteiger partial charge in [0.15, 0.2) is 6.67 Å². The van der Waals surface area contributed by atoms with E-state index in [0.717, 1.165) is 25.7 Å². The molecule has 0 saturated heterocycles. The van der Waals surface area contributed by atoms with E-state index in [0.29, 0.717) is 6.42 Å². The first kappa shape index (κ1) is 12.8. The summed E-state index contributed by atoms with van der Waals surface area (Å²) < 4.78 is 39.8. The van der Waals surface area contributed by atoms with Crippen LogP contribution in [-0.4, -0.2) is 19.4 Å². The van der Waals surface area contributed by atoms with E-state index in [1.807, 2.05) is 0 Å². The molecule has 0 unspecified atom stereocenters. The molecule has 0 bridgehead atoms. The Kier molecular flexibility index (Phi) is 7.04. The number of hydrogen-bond acceptors (Lipinski definition) is 1. The molecule has 0 amide bonds. The summed E-state index contributed by atoms with van der Waals surface area (Å²) in [5.41, 5.74) is 0. The molecule has 0 aromatic rings. The van der Waals surface area contributed by atoms with Crippen LogP contribution in [0, 0.1) is 0 Å². The second-order valence-corrected chi connectivity index (χ2v) is 3.03. The Hall–Kier alpha value is -0.250. The van der Waals surface area contributed by atoms with E-state index in [4.69, 9.17) is 0 Å². The molecule has 0 heterocycles. The molecular formula is C9H17F3O. The number of rotatable bonds is 8. The molecule has 0 aromatic carbocycles. The van der Waals surface area contributed by atoms with Gasteiger partial charge in [-0.1, -0.05) is 32.6 Å². The quantitative estimate of drug-likeness (QED) is 0.542. The highest BCUT2D eigenvalue weighted by molar-refractivity contribution is 4.49. The molecule has 0 radical (unpaired) electrons. The number of halogens is 3. The van der Waals surface area contributed by atoms with Crippen LogP contribution in [0.25, 0.3) is 0 Å². The molecule has 0 atom stereocenters. The average molecular weight is 198 g/mol. The van der Waals surface area contributed by atoms with Crippen LogP contribution in [0.5, 0.6) is 0 Å². The van der Waals surface area contributed by atoms with Gasteiger partial charge in [-0.2, -0.15) is 8.78 Å². The summed E-state index contributed by atoms with van der Waals surface area (Å²) in [6.45, 7) is 0.288. The lowest BCUT2D eigenvalue weighted by atomic mass is 10.2. The maximum absolute atomic E-state index is 12.1. The first-order chi connectivity index (χ1) is 6.12. The summed E-state index contributed by atoms with van der Waals surface area (Å²) in [4.78, 5) is 0. The van der Waals surface area contributed by atoms with Crippen molar-refractivity contribution in [1.29, 1.82) is 0 Å². The van der Waals surface area contributed by atoms with Crippen LogP contribution in [0.3, 0.4) is 0 Å². The lowest BCUT2D eigenvalue weighted by Crippen LogP contribution is -2.23. The average Bonchev–Trinajstić information content (AvgIpc) is 2.11. The predicted octanol–water partition coefficient (Wildman–Crippen LogP) is 3.54. The molecule has 0 aliphatic carbocycles. The third-order valence-electron chi connectivity index (χ3n) is 1.72. The summed E-state index contributed by atoms with van der Waals surface area (Å²) in [6.07, 6.45) is 1.12. The minimum Gasteiger partial charge on any atom is -0.318 e. The van der Waals surface area contributed by atoms with Gasteiger partial charge >= 0.3 is 6.11 Å². The first-order valence-corrected chi connectivity index (χ1v) is 4.70. The van der Waals surface area contributed by atoms with E-state index in [2.05, 4.69) is 11.7 Å². The Morgan fingerprint density at radius 1 is 1.08 bits per heavy atom. The lowest BCUT2D eigenvalue weighted by Gasteiger charge is -2.12. The van der Waals surface area contributed by atoms with Gasteiger partial charge in [-0.25, -0.2) is 4.39 Å². The molecule has 0 rings (SSSR count). The Balaban J connectivity index is 3.16. The van der Waals surface area contributed by atoms with E-state index in [9.17, 15) is 13.2 Å². The molecule has 0 fully saturated rings. The van der Waals surface area contributed by atoms with Crippen molar-refractivity contribution >= 4 is 0 Å². The van der Waals surface area contributed by atoms with Gasteiger partial charge in [-0.05, 0) is 6.42 Å². The highest BCUT2D eigenvalue weighted by Crippen LogP contribution is 2.16. The lowest BCUT2D eigenvalue weighted by molar-refractivity contribution is -0.246. The molecule has 0 spiro atoms. The molecule has 1 nitrogen and oxygen atoms in total. The Labute approximate surface area is 77.3 Å². The van der Waals surface area contributed by atoms with Crippen molar-refractivity contribution in [1.82, 2.24) is 0 Å². The maximum atomic E-state index is 12.1. The highest BCUT2D eigenvalue weighted by atomic mass is 19.3. The van der Waals surface area contributed by atoms with Crippen LogP contribution in [0.15, 0.2) is 0 Å². The topological polar surface area (TPSA) is 9.23 Å². The number of hydrogen-bond donors (Lipinski definition) is 0. The molecular weight excluding hydrogens is 181 g/mol. The smallest absolute Gasteiger partial charge is 0.318 e. The zero-order valence-electron chi connectivity index (χ0n) is 7.99. The summed E-state index contributed by atoms with van der Waals surface area (Å²) in [5.74, 6) is 0. The SMILES string of the molecule is CCCCCCCOC(F)(F)CF. The largest absolute Gasteiger partial charge is 0.384 e. The second-order valence-electron chi connectivity index (χ2n) is 3.03. The van der Waals surface area contributed by atoms with Crippen LogP contribution < -0.4 is 0 Å². The maximum Gasteiger partial charge on any atom is 0.384 e. The van der Waals surface area contributed by atoms with Crippen LogP contribution in [0.2, 0.25) is 0 Å². The molecule has 0 saturated carbocycles. The second kappa shape index (κ2) is 7.18. The molecule has 4 heteroatoms. The van der Waals surface area contributed by atoms with Gasteiger partial charge in [0, 0.05) is 0 Å². The zero-order chi connectivity index (χ0) is 10.2. The van der Waals surface area contributed by atoms with Crippen molar-refractivity contribution in [2.45, 2.75) is 45.1 Å². The van der Waals surface area contributed by atoms with E-state index in [1.54, 1.807) is 0 Å². The van der Waals surface area contributed by atoms with Gasteiger partial charge in [-0.15, -0.1) is 0 Å². The standard InChI is InChI=1S/C9H17F3O/c1-2-3-4-5-6-7-13-9(11,12)8-10/h2-8H2,1H3. The van der Waals surface area contributed by atoms with Gasteiger partial charge in [0.25, 0.3) is 0 Å². The van der Waals surface area contributed by atoms with Gasteiger partial charge < -0.3 is 4.74 Å². The molecule has 0 aliphatic heterocycles. The normalized spacial score (nSPS) is 12.0. The van der Waals surface area contributed by atoms with E-state index in [1.165, 1.54) is 0 Å². The summed E-state index contributed by atoms with van der Waals surface area (Å²) >= 11 is 0. The number of ether oxygens (including phenoxy) is 1. The minimum absolute atomic E-state index is 0.0549. The molecule has 0 N–H and O–H groups in total.